The summed E-state index contributed by atoms with van der Waals surface area (Å²) in [5, 5.41) is 5.53. The molecule has 4 nitrogen and oxygen atoms in total. The van der Waals surface area contributed by atoms with Crippen molar-refractivity contribution in [1.82, 2.24) is 5.32 Å². The molecule has 0 radical (unpaired) electrons. The van der Waals surface area contributed by atoms with Crippen LogP contribution in [0.2, 0.25) is 0 Å². The topological polar surface area (TPSA) is 47.6 Å². The molecule has 25 heavy (non-hydrogen) atoms. The molecule has 0 saturated heterocycles. The van der Waals surface area contributed by atoms with Gasteiger partial charge in [0.15, 0.2) is 0 Å². The number of benzene rings is 2. The molecule has 4 heteroatoms. The average Bonchev–Trinajstić information content (AvgIpc) is 3.44. The predicted octanol–water partition coefficient (Wildman–Crippen LogP) is 3.77. The van der Waals surface area contributed by atoms with Crippen molar-refractivity contribution in [1.29, 1.82) is 0 Å². The van der Waals surface area contributed by atoms with Crippen LogP contribution in [-0.4, -0.2) is 26.2 Å². The van der Waals surface area contributed by atoms with E-state index in [1.165, 1.54) is 21.9 Å². The number of hydrogen-bond acceptors (Lipinski definition) is 3. The second kappa shape index (κ2) is 6.68. The quantitative estimate of drug-likeness (QED) is 0.902. The first kappa shape index (κ1) is 16.4. The summed E-state index contributed by atoms with van der Waals surface area (Å²) in [7, 11) is 3.45. The van der Waals surface area contributed by atoms with E-state index in [4.69, 9.17) is 9.47 Å². The van der Waals surface area contributed by atoms with Gasteiger partial charge in [0.25, 0.3) is 0 Å². The lowest BCUT2D eigenvalue weighted by atomic mass is 9.78. The van der Waals surface area contributed by atoms with Crippen LogP contribution >= 0.6 is 0 Å². The summed E-state index contributed by atoms with van der Waals surface area (Å²) in [4.78, 5) is 12.3. The average molecular weight is 339 g/mol. The third-order valence-corrected chi connectivity index (χ3v) is 5.46. The maximum absolute atomic E-state index is 12.3. The summed E-state index contributed by atoms with van der Waals surface area (Å²) in [5.41, 5.74) is 2.56. The maximum atomic E-state index is 12.3. The molecule has 2 aromatic rings. The number of carbonyl (C=O) groups is 1. The molecule has 2 atom stereocenters. The Hall–Kier alpha value is -2.07. The van der Waals surface area contributed by atoms with Crippen LogP contribution in [0.15, 0.2) is 30.3 Å². The van der Waals surface area contributed by atoms with Crippen molar-refractivity contribution < 1.29 is 14.3 Å². The number of methoxy groups -OCH3 is 2. The van der Waals surface area contributed by atoms with Gasteiger partial charge in [-0.25, -0.2) is 0 Å². The van der Waals surface area contributed by atoms with Gasteiger partial charge in [0.05, 0.1) is 13.2 Å². The Labute approximate surface area is 148 Å². The summed E-state index contributed by atoms with van der Waals surface area (Å²) in [6.45, 7) is 0. The number of hydrogen-bond donors (Lipinski definition) is 1. The van der Waals surface area contributed by atoms with Crippen LogP contribution < -0.4 is 10.1 Å². The SMILES string of the molecule is COc1ccc2ccc3c(c2c1)CC(CC(=O)NC1CC1)CC3OC. The fourth-order valence-electron chi connectivity index (χ4n) is 3.99. The third kappa shape index (κ3) is 3.36. The molecule has 1 fully saturated rings. The summed E-state index contributed by atoms with van der Waals surface area (Å²) in [5.74, 6) is 1.36. The van der Waals surface area contributed by atoms with Gasteiger partial charge in [-0.2, -0.15) is 0 Å². The maximum Gasteiger partial charge on any atom is 0.220 e. The van der Waals surface area contributed by atoms with Crippen molar-refractivity contribution in [2.45, 2.75) is 44.2 Å². The summed E-state index contributed by atoms with van der Waals surface area (Å²) in [6.07, 6.45) is 4.71. The van der Waals surface area contributed by atoms with Gasteiger partial charge < -0.3 is 14.8 Å². The van der Waals surface area contributed by atoms with Crippen LogP contribution in [0, 0.1) is 5.92 Å². The lowest BCUT2D eigenvalue weighted by molar-refractivity contribution is -0.122. The van der Waals surface area contributed by atoms with Crippen molar-refractivity contribution in [3.8, 4) is 5.75 Å². The zero-order chi connectivity index (χ0) is 17.4. The van der Waals surface area contributed by atoms with E-state index < -0.39 is 0 Å². The highest BCUT2D eigenvalue weighted by Crippen LogP contribution is 2.41. The second-order valence-electron chi connectivity index (χ2n) is 7.30. The van der Waals surface area contributed by atoms with Crippen molar-refractivity contribution in [3.63, 3.8) is 0 Å². The van der Waals surface area contributed by atoms with Crippen LogP contribution in [0.25, 0.3) is 10.8 Å². The van der Waals surface area contributed by atoms with Crippen molar-refractivity contribution in [3.05, 3.63) is 41.5 Å². The van der Waals surface area contributed by atoms with Crippen LogP contribution in [0.5, 0.6) is 5.75 Å². The molecule has 0 bridgehead atoms. The fourth-order valence-corrected chi connectivity index (χ4v) is 3.99. The smallest absolute Gasteiger partial charge is 0.220 e. The van der Waals surface area contributed by atoms with Gasteiger partial charge in [-0.05, 0) is 65.6 Å². The highest BCUT2D eigenvalue weighted by atomic mass is 16.5. The second-order valence-corrected chi connectivity index (χ2v) is 7.30. The summed E-state index contributed by atoms with van der Waals surface area (Å²) >= 11 is 0. The van der Waals surface area contributed by atoms with Gasteiger partial charge in [0, 0.05) is 19.6 Å². The molecule has 4 rings (SSSR count). The number of amides is 1. The molecule has 2 aliphatic rings. The first-order valence-corrected chi connectivity index (χ1v) is 9.09. The Morgan fingerprint density at radius 1 is 1.20 bits per heavy atom. The van der Waals surface area contributed by atoms with Crippen LogP contribution in [0.4, 0.5) is 0 Å². The third-order valence-electron chi connectivity index (χ3n) is 5.46. The Bertz CT molecular complexity index is 797. The van der Waals surface area contributed by atoms with E-state index in [2.05, 4.69) is 29.6 Å². The van der Waals surface area contributed by atoms with E-state index in [9.17, 15) is 4.79 Å². The van der Waals surface area contributed by atoms with Gasteiger partial charge in [-0.15, -0.1) is 0 Å². The highest BCUT2D eigenvalue weighted by Gasteiger charge is 2.31. The minimum Gasteiger partial charge on any atom is -0.497 e. The monoisotopic (exact) mass is 339 g/mol. The molecular formula is C21H25NO3. The minimum atomic E-state index is 0.0538. The van der Waals surface area contributed by atoms with E-state index in [0.29, 0.717) is 18.4 Å². The fraction of sp³-hybridized carbons (Fsp3) is 0.476. The van der Waals surface area contributed by atoms with Gasteiger partial charge in [0.2, 0.25) is 5.91 Å². The number of rotatable bonds is 5. The van der Waals surface area contributed by atoms with Gasteiger partial charge in [0.1, 0.15) is 5.75 Å². The van der Waals surface area contributed by atoms with E-state index in [1.54, 1.807) is 14.2 Å². The van der Waals surface area contributed by atoms with Crippen LogP contribution in [0.3, 0.4) is 0 Å². The summed E-state index contributed by atoms with van der Waals surface area (Å²) in [6, 6.07) is 10.9. The number of ether oxygens (including phenoxy) is 2. The molecule has 0 aromatic heterocycles. The van der Waals surface area contributed by atoms with E-state index in [-0.39, 0.29) is 12.0 Å². The first-order chi connectivity index (χ1) is 12.2. The lowest BCUT2D eigenvalue weighted by Gasteiger charge is -2.31. The largest absolute Gasteiger partial charge is 0.497 e. The van der Waals surface area contributed by atoms with E-state index >= 15 is 0 Å². The van der Waals surface area contributed by atoms with Crippen molar-refractivity contribution in [2.24, 2.45) is 5.92 Å². The van der Waals surface area contributed by atoms with Crippen LogP contribution in [0.1, 0.15) is 42.9 Å². The molecule has 1 saturated carbocycles. The molecule has 0 aliphatic heterocycles. The lowest BCUT2D eigenvalue weighted by Crippen LogP contribution is -2.30. The first-order valence-electron chi connectivity index (χ1n) is 9.09. The van der Waals surface area contributed by atoms with E-state index in [0.717, 1.165) is 31.4 Å². The predicted molar refractivity (Wildman–Crippen MR) is 97.8 cm³/mol. The standard InChI is InChI=1S/C21H25NO3/c1-24-16-7-3-14-4-8-17-19(18(14)12-16)9-13(10-20(17)25-2)11-21(23)22-15-5-6-15/h3-4,7-8,12-13,15,20H,5-6,9-11H2,1-2H3,(H,22,23). The van der Waals surface area contributed by atoms with Gasteiger partial charge in [-0.3, -0.25) is 4.79 Å². The molecule has 1 N–H and O–H groups in total. The molecule has 2 aliphatic carbocycles. The molecular weight excluding hydrogens is 314 g/mol. The number of nitrogens with one attached hydrogen (secondary N) is 1. The zero-order valence-electron chi connectivity index (χ0n) is 14.9. The molecule has 2 unspecified atom stereocenters. The molecule has 2 aromatic carbocycles. The number of carbonyl (C=O) groups excluding carboxylic acids is 1. The Balaban J connectivity index is 1.66. The Kier molecular flexibility index (Phi) is 4.38. The zero-order valence-corrected chi connectivity index (χ0v) is 14.9. The van der Waals surface area contributed by atoms with Gasteiger partial charge >= 0.3 is 0 Å². The van der Waals surface area contributed by atoms with Crippen LogP contribution in [-0.2, 0) is 16.0 Å². The normalized spacial score (nSPS) is 22.5. The molecule has 0 spiro atoms. The number of fused-ring (bicyclic) bond motifs is 3. The Morgan fingerprint density at radius 3 is 2.72 bits per heavy atom. The molecule has 0 heterocycles. The minimum absolute atomic E-state index is 0.0538. The Morgan fingerprint density at radius 2 is 2.00 bits per heavy atom. The highest BCUT2D eigenvalue weighted by molar-refractivity contribution is 5.88. The van der Waals surface area contributed by atoms with Crippen molar-refractivity contribution in [2.75, 3.05) is 14.2 Å². The van der Waals surface area contributed by atoms with E-state index in [1.807, 2.05) is 6.07 Å². The molecule has 132 valence electrons. The summed E-state index contributed by atoms with van der Waals surface area (Å²) < 4.78 is 11.2. The molecule has 1 amide bonds. The van der Waals surface area contributed by atoms with Crippen molar-refractivity contribution >= 4 is 16.7 Å². The van der Waals surface area contributed by atoms with Gasteiger partial charge in [-0.1, -0.05) is 18.2 Å².